The molecule has 0 bridgehead atoms. The first kappa shape index (κ1) is 31.5. The van der Waals surface area contributed by atoms with Gasteiger partial charge in [0.25, 0.3) is 11.8 Å². The van der Waals surface area contributed by atoms with Gasteiger partial charge in [-0.1, -0.05) is 51.1 Å². The largest absolute Gasteiger partial charge is 0.395 e. The molecule has 0 aliphatic carbocycles. The highest BCUT2D eigenvalue weighted by Crippen LogP contribution is 2.27. The summed E-state index contributed by atoms with van der Waals surface area (Å²) < 4.78 is 0. The van der Waals surface area contributed by atoms with Crippen LogP contribution in [0.3, 0.4) is 0 Å². The van der Waals surface area contributed by atoms with Crippen molar-refractivity contribution in [1.29, 1.82) is 0 Å². The van der Waals surface area contributed by atoms with Crippen LogP contribution in [-0.2, 0) is 18.3 Å². The Labute approximate surface area is 229 Å². The fourth-order valence-electron chi connectivity index (χ4n) is 4.45. The maximum atomic E-state index is 13.4. The van der Waals surface area contributed by atoms with Gasteiger partial charge in [-0.3, -0.25) is 9.59 Å². The molecule has 0 saturated heterocycles. The Kier molecular flexibility index (Phi) is 10.3. The third-order valence-electron chi connectivity index (χ3n) is 6.54. The minimum atomic E-state index is -0.689. The molecule has 2 aromatic carbocycles. The molecule has 0 aromatic heterocycles. The molecule has 1 unspecified atom stereocenters. The molecule has 3 N–H and O–H groups in total. The molecule has 0 aliphatic rings. The van der Waals surface area contributed by atoms with Crippen LogP contribution >= 0.6 is 0 Å². The number of hydrogen-bond donors (Lipinski definition) is 3. The van der Waals surface area contributed by atoms with E-state index < -0.39 is 11.6 Å². The predicted octanol–water partition coefficient (Wildman–Crippen LogP) is 5.28. The molecule has 2 rings (SSSR count). The Bertz CT molecular complexity index is 1100. The summed E-state index contributed by atoms with van der Waals surface area (Å²) in [7, 11) is 0. The number of nitrogens with one attached hydrogen (secondary N) is 1. The fraction of sp³-hybridized carbons (Fsp3) is 0.562. The number of aryl methyl sites for hydroxylation is 1. The van der Waals surface area contributed by atoms with E-state index >= 15 is 0 Å². The van der Waals surface area contributed by atoms with E-state index in [4.69, 9.17) is 0 Å². The lowest BCUT2D eigenvalue weighted by molar-refractivity contribution is 0.0525. The van der Waals surface area contributed by atoms with Gasteiger partial charge in [-0.25, -0.2) is 0 Å². The minimum Gasteiger partial charge on any atom is -0.395 e. The molecule has 210 valence electrons. The van der Waals surface area contributed by atoms with Crippen molar-refractivity contribution in [3.63, 3.8) is 0 Å². The number of nitrogens with zero attached hydrogens (tertiary/aromatic N) is 1. The summed E-state index contributed by atoms with van der Waals surface area (Å²) in [6, 6.07) is 13.4. The number of aliphatic hydroxyl groups excluding tert-OH is 2. The first-order chi connectivity index (χ1) is 17.4. The maximum Gasteiger partial charge on any atom is 0.254 e. The van der Waals surface area contributed by atoms with E-state index in [1.165, 1.54) is 0 Å². The van der Waals surface area contributed by atoms with Gasteiger partial charge in [0.1, 0.15) is 0 Å². The van der Waals surface area contributed by atoms with Gasteiger partial charge in [-0.2, -0.15) is 0 Å². The first-order valence-electron chi connectivity index (χ1n) is 13.6. The number of benzene rings is 2. The lowest BCUT2D eigenvalue weighted by atomic mass is 9.84. The van der Waals surface area contributed by atoms with E-state index in [1.54, 1.807) is 11.0 Å². The van der Waals surface area contributed by atoms with Crippen LogP contribution in [0.2, 0.25) is 0 Å². The molecular weight excluding hydrogens is 476 g/mol. The summed E-state index contributed by atoms with van der Waals surface area (Å²) in [6.07, 6.45) is 0.619. The summed E-state index contributed by atoms with van der Waals surface area (Å²) in [6.45, 7) is 18.2. The Hall–Kier alpha value is -2.70. The van der Waals surface area contributed by atoms with Crippen LogP contribution in [0.15, 0.2) is 42.5 Å². The first-order valence-corrected chi connectivity index (χ1v) is 13.6. The molecule has 6 nitrogen and oxygen atoms in total. The van der Waals surface area contributed by atoms with Crippen LogP contribution in [0, 0.1) is 0 Å². The maximum absolute atomic E-state index is 13.4. The zero-order valence-electron chi connectivity index (χ0n) is 24.8. The summed E-state index contributed by atoms with van der Waals surface area (Å²) >= 11 is 0. The SMILES string of the molecule is CC(C)(C)NC(=O)c1cc(C(C)(C)C)ccc1CCC(O)Cc1ccccc1C(=O)N(CCO)C(C)(C)C. The topological polar surface area (TPSA) is 89.9 Å². The molecule has 0 fully saturated rings. The van der Waals surface area contributed by atoms with E-state index in [2.05, 4.69) is 32.2 Å². The monoisotopic (exact) mass is 524 g/mol. The van der Waals surface area contributed by atoms with E-state index in [-0.39, 0.29) is 35.9 Å². The third kappa shape index (κ3) is 8.95. The van der Waals surface area contributed by atoms with Gasteiger partial charge in [0.2, 0.25) is 0 Å². The molecule has 0 radical (unpaired) electrons. The van der Waals surface area contributed by atoms with Crippen molar-refractivity contribution in [1.82, 2.24) is 10.2 Å². The lowest BCUT2D eigenvalue weighted by Gasteiger charge is -2.36. The van der Waals surface area contributed by atoms with Gasteiger partial charge in [0, 0.05) is 28.7 Å². The van der Waals surface area contributed by atoms with Crippen molar-refractivity contribution in [2.24, 2.45) is 0 Å². The minimum absolute atomic E-state index is 0.0952. The average molecular weight is 525 g/mol. The molecule has 0 saturated carbocycles. The summed E-state index contributed by atoms with van der Waals surface area (Å²) in [5.41, 5.74) is 3.01. The van der Waals surface area contributed by atoms with Crippen LogP contribution in [0.4, 0.5) is 0 Å². The highest BCUT2D eigenvalue weighted by Gasteiger charge is 2.28. The Balaban J connectivity index is 2.26. The van der Waals surface area contributed by atoms with E-state index in [9.17, 15) is 19.8 Å². The van der Waals surface area contributed by atoms with Crippen LogP contribution in [0.25, 0.3) is 0 Å². The third-order valence-corrected chi connectivity index (χ3v) is 6.54. The Morgan fingerprint density at radius 3 is 2.08 bits per heavy atom. The molecule has 0 aliphatic heterocycles. The molecule has 0 spiro atoms. The van der Waals surface area contributed by atoms with E-state index in [0.717, 1.165) is 16.7 Å². The summed E-state index contributed by atoms with van der Waals surface area (Å²) in [4.78, 5) is 28.2. The number of carbonyl (C=O) groups is 2. The molecule has 6 heteroatoms. The molecule has 38 heavy (non-hydrogen) atoms. The standard InChI is InChI=1S/C32H48N2O4/c1-30(2,3)24-16-14-22(27(21-24)28(37)33-31(4,5)6)15-17-25(36)20-23-12-10-11-13-26(23)29(38)34(18-19-35)32(7,8)9/h10-14,16,21,25,35-36H,15,17-20H2,1-9H3,(H,33,37). The van der Waals surface area contributed by atoms with Crippen molar-refractivity contribution in [2.75, 3.05) is 13.2 Å². The second-order valence-corrected chi connectivity index (χ2v) is 13.2. The Morgan fingerprint density at radius 1 is 0.895 bits per heavy atom. The highest BCUT2D eigenvalue weighted by molar-refractivity contribution is 5.97. The van der Waals surface area contributed by atoms with Crippen molar-refractivity contribution < 1.29 is 19.8 Å². The van der Waals surface area contributed by atoms with Crippen molar-refractivity contribution in [3.8, 4) is 0 Å². The second kappa shape index (κ2) is 12.4. The molecule has 1 atom stereocenters. The van der Waals surface area contributed by atoms with Crippen LogP contribution in [-0.4, -0.2) is 57.3 Å². The van der Waals surface area contributed by atoms with Gasteiger partial charge in [-0.05, 0) is 95.0 Å². The fourth-order valence-corrected chi connectivity index (χ4v) is 4.45. The van der Waals surface area contributed by atoms with E-state index in [1.807, 2.05) is 71.9 Å². The van der Waals surface area contributed by atoms with E-state index in [0.29, 0.717) is 30.4 Å². The number of β-amino-alcohol motifs (C(OH)–C–C–N with tert-alkyl or cyclic N) is 1. The smallest absolute Gasteiger partial charge is 0.254 e. The van der Waals surface area contributed by atoms with Gasteiger partial charge in [0.05, 0.1) is 12.7 Å². The van der Waals surface area contributed by atoms with Crippen LogP contribution < -0.4 is 5.32 Å². The average Bonchev–Trinajstić information content (AvgIpc) is 2.78. The molecule has 2 amide bonds. The quantitative estimate of drug-likeness (QED) is 0.416. The van der Waals surface area contributed by atoms with Crippen LogP contribution in [0.5, 0.6) is 0 Å². The van der Waals surface area contributed by atoms with Gasteiger partial charge < -0.3 is 20.4 Å². The normalized spacial score (nSPS) is 13.2. The predicted molar refractivity (Wildman–Crippen MR) is 155 cm³/mol. The summed E-state index contributed by atoms with van der Waals surface area (Å²) in [5, 5.41) is 23.6. The Morgan fingerprint density at radius 2 is 1.53 bits per heavy atom. The molecule has 2 aromatic rings. The summed E-state index contributed by atoms with van der Waals surface area (Å²) in [5.74, 6) is -0.275. The van der Waals surface area contributed by atoms with Crippen molar-refractivity contribution in [3.05, 3.63) is 70.3 Å². The van der Waals surface area contributed by atoms with Crippen LogP contribution in [0.1, 0.15) is 106 Å². The molecule has 0 heterocycles. The zero-order valence-corrected chi connectivity index (χ0v) is 24.8. The van der Waals surface area contributed by atoms with Gasteiger partial charge >= 0.3 is 0 Å². The second-order valence-electron chi connectivity index (χ2n) is 13.2. The number of carbonyl (C=O) groups excluding carboxylic acids is 2. The number of amides is 2. The lowest BCUT2D eigenvalue weighted by Crippen LogP contribution is -2.47. The number of aliphatic hydroxyl groups is 2. The van der Waals surface area contributed by atoms with Crippen molar-refractivity contribution in [2.45, 2.75) is 104 Å². The number of rotatable bonds is 9. The van der Waals surface area contributed by atoms with Gasteiger partial charge in [-0.15, -0.1) is 0 Å². The highest BCUT2D eigenvalue weighted by atomic mass is 16.3. The van der Waals surface area contributed by atoms with Gasteiger partial charge in [0.15, 0.2) is 0 Å². The zero-order chi connectivity index (χ0) is 28.9. The molecular formula is C32H48N2O4. The van der Waals surface area contributed by atoms with Crippen molar-refractivity contribution >= 4 is 11.8 Å². The number of hydrogen-bond acceptors (Lipinski definition) is 4.